The smallest absolute Gasteiger partial charge is 0.336 e. The minimum absolute atomic E-state index is 0.00694. The van der Waals surface area contributed by atoms with Gasteiger partial charge >= 0.3 is 6.01 Å². The molecule has 0 radical (unpaired) electrons. The molecule has 1 heterocycles. The summed E-state index contributed by atoms with van der Waals surface area (Å²) in [6.07, 6.45) is 3.78. The molecule has 6 nitrogen and oxygen atoms in total. The normalized spacial score (nSPS) is 10.6. The van der Waals surface area contributed by atoms with Gasteiger partial charge < -0.3 is 4.74 Å². The number of methoxy groups -OCH3 is 1. The highest BCUT2D eigenvalue weighted by Crippen LogP contribution is 2.15. The molecule has 6 heteroatoms. The number of aromatic nitrogens is 3. The first-order valence-corrected chi connectivity index (χ1v) is 5.98. The fourth-order valence-corrected chi connectivity index (χ4v) is 1.72. The van der Waals surface area contributed by atoms with Gasteiger partial charge in [0.15, 0.2) is 0 Å². The van der Waals surface area contributed by atoms with Gasteiger partial charge in [-0.25, -0.2) is 5.10 Å². The Kier molecular flexibility index (Phi) is 5.45. The topological polar surface area (TPSA) is 79.9 Å². The third-order valence-corrected chi connectivity index (χ3v) is 2.53. The van der Waals surface area contributed by atoms with Crippen LogP contribution in [0.1, 0.15) is 39.5 Å². The van der Waals surface area contributed by atoms with Crippen molar-refractivity contribution in [2.75, 3.05) is 12.4 Å². The second-order valence-corrected chi connectivity index (χ2v) is 3.93. The van der Waals surface area contributed by atoms with Crippen molar-refractivity contribution < 1.29 is 9.53 Å². The van der Waals surface area contributed by atoms with E-state index in [2.05, 4.69) is 34.3 Å². The van der Waals surface area contributed by atoms with E-state index in [0.29, 0.717) is 5.95 Å². The van der Waals surface area contributed by atoms with Crippen molar-refractivity contribution in [2.24, 2.45) is 5.92 Å². The molecule has 96 valence electrons. The van der Waals surface area contributed by atoms with Crippen LogP contribution in [0.2, 0.25) is 0 Å². The lowest BCUT2D eigenvalue weighted by Gasteiger charge is -2.13. The van der Waals surface area contributed by atoms with E-state index in [1.54, 1.807) is 0 Å². The maximum atomic E-state index is 12.0. The van der Waals surface area contributed by atoms with E-state index in [9.17, 15) is 4.79 Å². The predicted molar refractivity (Wildman–Crippen MR) is 64.9 cm³/mol. The first-order chi connectivity index (χ1) is 8.21. The number of rotatable bonds is 7. The molecule has 2 N–H and O–H groups in total. The summed E-state index contributed by atoms with van der Waals surface area (Å²) in [5.74, 6) is 0.373. The Hall–Kier alpha value is -1.59. The average molecular weight is 240 g/mol. The molecular weight excluding hydrogens is 220 g/mol. The van der Waals surface area contributed by atoms with Crippen molar-refractivity contribution in [3.63, 3.8) is 0 Å². The zero-order chi connectivity index (χ0) is 12.7. The Bertz CT molecular complexity index is 345. The molecule has 0 saturated heterocycles. The van der Waals surface area contributed by atoms with E-state index in [1.165, 1.54) is 7.11 Å². The van der Waals surface area contributed by atoms with Gasteiger partial charge in [0.2, 0.25) is 11.9 Å². The second-order valence-electron chi connectivity index (χ2n) is 3.93. The van der Waals surface area contributed by atoms with Gasteiger partial charge in [0, 0.05) is 5.92 Å². The molecule has 1 rings (SSSR count). The monoisotopic (exact) mass is 240 g/mol. The van der Waals surface area contributed by atoms with Crippen LogP contribution >= 0.6 is 0 Å². The van der Waals surface area contributed by atoms with Crippen LogP contribution < -0.4 is 10.1 Å². The van der Waals surface area contributed by atoms with Gasteiger partial charge in [-0.1, -0.05) is 26.7 Å². The first kappa shape index (κ1) is 13.5. The molecule has 0 unspecified atom stereocenters. The van der Waals surface area contributed by atoms with E-state index in [-0.39, 0.29) is 17.8 Å². The quantitative estimate of drug-likeness (QED) is 0.763. The molecule has 0 aromatic carbocycles. The highest BCUT2D eigenvalue weighted by Gasteiger charge is 2.18. The lowest BCUT2D eigenvalue weighted by Crippen LogP contribution is -2.23. The molecule has 17 heavy (non-hydrogen) atoms. The van der Waals surface area contributed by atoms with Gasteiger partial charge in [0.25, 0.3) is 0 Å². The summed E-state index contributed by atoms with van der Waals surface area (Å²) in [7, 11) is 1.48. The van der Waals surface area contributed by atoms with Gasteiger partial charge in [0.1, 0.15) is 0 Å². The molecular formula is C11H20N4O2. The molecule has 1 aromatic rings. The SMILES string of the molecule is CCCC(CCC)C(=O)Nc1nc(OC)n[nH]1. The summed E-state index contributed by atoms with van der Waals surface area (Å²) in [6, 6.07) is 0.225. The van der Waals surface area contributed by atoms with E-state index in [1.807, 2.05) is 0 Å². The van der Waals surface area contributed by atoms with Crippen molar-refractivity contribution in [3.05, 3.63) is 0 Å². The Labute approximate surface area is 101 Å². The molecule has 0 aliphatic heterocycles. The van der Waals surface area contributed by atoms with Crippen LogP contribution in [-0.4, -0.2) is 28.2 Å². The third kappa shape index (κ3) is 4.05. The van der Waals surface area contributed by atoms with E-state index in [4.69, 9.17) is 4.74 Å². The number of ether oxygens (including phenoxy) is 1. The van der Waals surface area contributed by atoms with Gasteiger partial charge in [-0.2, -0.15) is 4.98 Å². The highest BCUT2D eigenvalue weighted by atomic mass is 16.5. The summed E-state index contributed by atoms with van der Waals surface area (Å²) in [5.41, 5.74) is 0. The van der Waals surface area contributed by atoms with Crippen LogP contribution in [0.5, 0.6) is 6.01 Å². The van der Waals surface area contributed by atoms with Gasteiger partial charge in [0.05, 0.1) is 7.11 Å². The van der Waals surface area contributed by atoms with E-state index in [0.717, 1.165) is 25.7 Å². The zero-order valence-corrected chi connectivity index (χ0v) is 10.6. The van der Waals surface area contributed by atoms with E-state index >= 15 is 0 Å². The molecule has 1 aromatic heterocycles. The number of hydrogen-bond donors (Lipinski definition) is 2. The number of H-pyrrole nitrogens is 1. The minimum Gasteiger partial charge on any atom is -0.466 e. The fourth-order valence-electron chi connectivity index (χ4n) is 1.72. The molecule has 1 amide bonds. The Balaban J connectivity index is 2.56. The molecule has 0 saturated carbocycles. The molecule has 0 fully saturated rings. The molecule has 0 atom stereocenters. The Morgan fingerprint density at radius 2 is 2.06 bits per heavy atom. The molecule has 0 aliphatic carbocycles. The molecule has 0 bridgehead atoms. The second kappa shape index (κ2) is 6.88. The lowest BCUT2D eigenvalue weighted by molar-refractivity contribution is -0.120. The molecule has 0 aliphatic rings. The van der Waals surface area contributed by atoms with Crippen LogP contribution in [-0.2, 0) is 4.79 Å². The number of carbonyl (C=O) groups excluding carboxylic acids is 1. The van der Waals surface area contributed by atoms with Crippen molar-refractivity contribution in [1.29, 1.82) is 0 Å². The molecule has 0 spiro atoms. The fraction of sp³-hybridized carbons (Fsp3) is 0.727. The first-order valence-electron chi connectivity index (χ1n) is 5.98. The Morgan fingerprint density at radius 3 is 2.53 bits per heavy atom. The number of amides is 1. The van der Waals surface area contributed by atoms with Crippen molar-refractivity contribution >= 4 is 11.9 Å². The number of nitrogens with one attached hydrogen (secondary N) is 2. The number of anilines is 1. The average Bonchev–Trinajstić information content (AvgIpc) is 2.76. The summed E-state index contributed by atoms with van der Waals surface area (Å²) in [6.45, 7) is 4.15. The van der Waals surface area contributed by atoms with Gasteiger partial charge in [-0.3, -0.25) is 10.1 Å². The van der Waals surface area contributed by atoms with Crippen molar-refractivity contribution in [1.82, 2.24) is 15.2 Å². The number of aromatic amines is 1. The van der Waals surface area contributed by atoms with Gasteiger partial charge in [-0.05, 0) is 12.8 Å². The standard InChI is InChI=1S/C11H20N4O2/c1-4-6-8(7-5-2)9(16)12-10-13-11(17-3)15-14-10/h8H,4-7H2,1-3H3,(H2,12,13,14,15,16). The summed E-state index contributed by atoms with van der Waals surface area (Å²) < 4.78 is 4.83. The largest absolute Gasteiger partial charge is 0.466 e. The zero-order valence-electron chi connectivity index (χ0n) is 10.6. The van der Waals surface area contributed by atoms with E-state index < -0.39 is 0 Å². The maximum Gasteiger partial charge on any atom is 0.336 e. The highest BCUT2D eigenvalue weighted by molar-refractivity contribution is 5.90. The summed E-state index contributed by atoms with van der Waals surface area (Å²) in [4.78, 5) is 15.9. The van der Waals surface area contributed by atoms with Crippen molar-refractivity contribution in [3.8, 4) is 6.01 Å². The Morgan fingerprint density at radius 1 is 1.41 bits per heavy atom. The van der Waals surface area contributed by atoms with Crippen LogP contribution in [0, 0.1) is 5.92 Å². The number of carbonyl (C=O) groups is 1. The van der Waals surface area contributed by atoms with Crippen molar-refractivity contribution in [2.45, 2.75) is 39.5 Å². The number of hydrogen-bond acceptors (Lipinski definition) is 4. The van der Waals surface area contributed by atoms with Crippen LogP contribution in [0.15, 0.2) is 0 Å². The third-order valence-electron chi connectivity index (χ3n) is 2.53. The maximum absolute atomic E-state index is 12.0. The van der Waals surface area contributed by atoms with Crippen LogP contribution in [0.25, 0.3) is 0 Å². The summed E-state index contributed by atoms with van der Waals surface area (Å²) >= 11 is 0. The van der Waals surface area contributed by atoms with Crippen LogP contribution in [0.4, 0.5) is 5.95 Å². The van der Waals surface area contributed by atoms with Gasteiger partial charge in [-0.15, -0.1) is 5.10 Å². The summed E-state index contributed by atoms with van der Waals surface area (Å²) in [5, 5.41) is 9.09. The predicted octanol–water partition coefficient (Wildman–Crippen LogP) is 1.97. The number of nitrogens with zero attached hydrogens (tertiary/aromatic N) is 2. The lowest BCUT2D eigenvalue weighted by atomic mass is 9.97. The minimum atomic E-state index is -0.00694. The van der Waals surface area contributed by atoms with Crippen LogP contribution in [0.3, 0.4) is 0 Å².